The van der Waals surface area contributed by atoms with Gasteiger partial charge < -0.3 is 5.11 Å². The topological polar surface area (TPSA) is 20.2 Å². The predicted molar refractivity (Wildman–Crippen MR) is 78.3 cm³/mol. The zero-order valence-electron chi connectivity index (χ0n) is 11.2. The van der Waals surface area contributed by atoms with Crippen molar-refractivity contribution in [1.29, 1.82) is 0 Å². The van der Waals surface area contributed by atoms with Crippen molar-refractivity contribution in [3.8, 4) is 0 Å². The Bertz CT molecular complexity index is 528. The van der Waals surface area contributed by atoms with E-state index in [0.29, 0.717) is 6.42 Å². The quantitative estimate of drug-likeness (QED) is 0.873. The molecule has 1 unspecified atom stereocenters. The first-order chi connectivity index (χ1) is 8.60. The number of benzene rings is 1. The lowest BCUT2D eigenvalue weighted by Crippen LogP contribution is -2.01. The van der Waals surface area contributed by atoms with Crippen molar-refractivity contribution in [2.75, 3.05) is 0 Å². The minimum Gasteiger partial charge on any atom is -0.388 e. The molecular formula is C16H20OS. The first-order valence-electron chi connectivity index (χ1n) is 6.43. The van der Waals surface area contributed by atoms with Gasteiger partial charge >= 0.3 is 0 Å². The second kappa shape index (κ2) is 5.68. The Morgan fingerprint density at radius 1 is 1.06 bits per heavy atom. The van der Waals surface area contributed by atoms with Gasteiger partial charge in [0, 0.05) is 16.2 Å². The van der Waals surface area contributed by atoms with E-state index in [9.17, 15) is 5.11 Å². The number of aryl methyl sites for hydroxylation is 3. The number of rotatable bonds is 4. The summed E-state index contributed by atoms with van der Waals surface area (Å²) in [6, 6.07) is 10.5. The highest BCUT2D eigenvalue weighted by molar-refractivity contribution is 7.11. The second-order valence-corrected chi connectivity index (χ2v) is 6.04. The van der Waals surface area contributed by atoms with Gasteiger partial charge in [-0.2, -0.15) is 0 Å². The van der Waals surface area contributed by atoms with Gasteiger partial charge in [0.1, 0.15) is 0 Å². The molecule has 1 atom stereocenters. The molecule has 96 valence electrons. The number of aliphatic hydroxyl groups excluding tert-OH is 1. The van der Waals surface area contributed by atoms with E-state index in [1.54, 1.807) is 11.3 Å². The van der Waals surface area contributed by atoms with Gasteiger partial charge in [-0.15, -0.1) is 11.3 Å². The maximum atomic E-state index is 10.3. The van der Waals surface area contributed by atoms with Crippen LogP contribution in [0.4, 0.5) is 0 Å². The minimum absolute atomic E-state index is 0.396. The lowest BCUT2D eigenvalue weighted by molar-refractivity contribution is 0.179. The molecule has 0 aliphatic carbocycles. The number of thiophene rings is 1. The van der Waals surface area contributed by atoms with E-state index in [1.165, 1.54) is 20.9 Å². The molecule has 1 aromatic carbocycles. The molecule has 1 heterocycles. The van der Waals surface area contributed by atoms with Gasteiger partial charge in [0.25, 0.3) is 0 Å². The van der Waals surface area contributed by atoms with Gasteiger partial charge in [0.05, 0.1) is 6.10 Å². The molecule has 2 aromatic rings. The molecule has 18 heavy (non-hydrogen) atoms. The van der Waals surface area contributed by atoms with Crippen molar-refractivity contribution >= 4 is 11.3 Å². The van der Waals surface area contributed by atoms with Crippen LogP contribution in [0.1, 0.15) is 39.5 Å². The third-order valence-electron chi connectivity index (χ3n) is 3.38. The molecule has 0 aliphatic rings. The number of aliphatic hydroxyl groups is 1. The largest absolute Gasteiger partial charge is 0.388 e. The molecule has 0 amide bonds. The van der Waals surface area contributed by atoms with Crippen LogP contribution in [0.25, 0.3) is 0 Å². The molecule has 0 saturated carbocycles. The Morgan fingerprint density at radius 3 is 2.39 bits per heavy atom. The van der Waals surface area contributed by atoms with E-state index in [-0.39, 0.29) is 0 Å². The average Bonchev–Trinajstić information content (AvgIpc) is 2.80. The summed E-state index contributed by atoms with van der Waals surface area (Å²) in [5, 5.41) is 10.3. The SMILES string of the molecule is CCc1ccc(CC(O)c2ccc(C)c(C)c2)s1. The zero-order valence-corrected chi connectivity index (χ0v) is 12.1. The van der Waals surface area contributed by atoms with Crippen LogP contribution in [0.15, 0.2) is 30.3 Å². The van der Waals surface area contributed by atoms with Gasteiger partial charge in [0.2, 0.25) is 0 Å². The molecule has 0 bridgehead atoms. The van der Waals surface area contributed by atoms with Crippen molar-refractivity contribution < 1.29 is 5.11 Å². The third kappa shape index (κ3) is 3.01. The van der Waals surface area contributed by atoms with Gasteiger partial charge in [-0.05, 0) is 49.1 Å². The van der Waals surface area contributed by atoms with E-state index in [0.717, 1.165) is 12.0 Å². The molecule has 1 nitrogen and oxygen atoms in total. The summed E-state index contributed by atoms with van der Waals surface area (Å²) in [6.07, 6.45) is 1.39. The van der Waals surface area contributed by atoms with E-state index < -0.39 is 6.10 Å². The van der Waals surface area contributed by atoms with Crippen LogP contribution >= 0.6 is 11.3 Å². The van der Waals surface area contributed by atoms with E-state index in [4.69, 9.17) is 0 Å². The minimum atomic E-state index is -0.396. The van der Waals surface area contributed by atoms with E-state index in [2.05, 4.69) is 45.0 Å². The number of hydrogen-bond acceptors (Lipinski definition) is 2. The van der Waals surface area contributed by atoms with Gasteiger partial charge in [-0.25, -0.2) is 0 Å². The second-order valence-electron chi connectivity index (χ2n) is 4.79. The van der Waals surface area contributed by atoms with Crippen LogP contribution in [0.2, 0.25) is 0 Å². The lowest BCUT2D eigenvalue weighted by atomic mass is 10.0. The highest BCUT2D eigenvalue weighted by Crippen LogP contribution is 2.25. The zero-order chi connectivity index (χ0) is 13.1. The summed E-state index contributed by atoms with van der Waals surface area (Å²) in [5.74, 6) is 0. The van der Waals surface area contributed by atoms with Gasteiger partial charge in [0.15, 0.2) is 0 Å². The monoisotopic (exact) mass is 260 g/mol. The fraction of sp³-hybridized carbons (Fsp3) is 0.375. The third-order valence-corrected chi connectivity index (χ3v) is 4.63. The summed E-state index contributed by atoms with van der Waals surface area (Å²) < 4.78 is 0. The molecule has 0 radical (unpaired) electrons. The molecule has 0 fully saturated rings. The highest BCUT2D eigenvalue weighted by atomic mass is 32.1. The first kappa shape index (κ1) is 13.3. The lowest BCUT2D eigenvalue weighted by Gasteiger charge is -2.11. The maximum absolute atomic E-state index is 10.3. The van der Waals surface area contributed by atoms with Crippen LogP contribution in [-0.4, -0.2) is 5.11 Å². The molecule has 0 saturated heterocycles. The Balaban J connectivity index is 2.11. The normalized spacial score (nSPS) is 12.7. The molecule has 1 N–H and O–H groups in total. The fourth-order valence-electron chi connectivity index (χ4n) is 2.00. The molecule has 1 aromatic heterocycles. The molecular weight excluding hydrogens is 240 g/mol. The van der Waals surface area contributed by atoms with Crippen molar-refractivity contribution in [3.05, 3.63) is 56.8 Å². The Hall–Kier alpha value is -1.12. The van der Waals surface area contributed by atoms with Crippen LogP contribution < -0.4 is 0 Å². The van der Waals surface area contributed by atoms with Crippen LogP contribution in [0.3, 0.4) is 0 Å². The molecule has 2 heteroatoms. The Kier molecular flexibility index (Phi) is 4.20. The van der Waals surface area contributed by atoms with E-state index >= 15 is 0 Å². The average molecular weight is 260 g/mol. The van der Waals surface area contributed by atoms with Crippen molar-refractivity contribution in [2.24, 2.45) is 0 Å². The predicted octanol–water partition coefficient (Wildman–Crippen LogP) is 4.20. The summed E-state index contributed by atoms with van der Waals surface area (Å²) in [6.45, 7) is 6.35. The smallest absolute Gasteiger partial charge is 0.0838 e. The molecule has 2 rings (SSSR count). The summed E-state index contributed by atoms with van der Waals surface area (Å²) in [7, 11) is 0. The summed E-state index contributed by atoms with van der Waals surface area (Å²) >= 11 is 1.80. The van der Waals surface area contributed by atoms with Crippen molar-refractivity contribution in [3.63, 3.8) is 0 Å². The van der Waals surface area contributed by atoms with Gasteiger partial charge in [-0.1, -0.05) is 25.1 Å². The summed E-state index contributed by atoms with van der Waals surface area (Å²) in [5.41, 5.74) is 3.53. The Morgan fingerprint density at radius 2 is 1.78 bits per heavy atom. The highest BCUT2D eigenvalue weighted by Gasteiger charge is 2.10. The fourth-order valence-corrected chi connectivity index (χ4v) is 3.00. The van der Waals surface area contributed by atoms with Crippen LogP contribution in [0.5, 0.6) is 0 Å². The number of hydrogen-bond donors (Lipinski definition) is 1. The van der Waals surface area contributed by atoms with Crippen molar-refractivity contribution in [2.45, 2.75) is 39.7 Å². The standard InChI is InChI=1S/C16H20OS/c1-4-14-7-8-15(18-14)10-16(17)13-6-5-11(2)12(3)9-13/h5-9,16-17H,4,10H2,1-3H3. The molecule has 0 spiro atoms. The molecule has 0 aliphatic heterocycles. The first-order valence-corrected chi connectivity index (χ1v) is 7.24. The summed E-state index contributed by atoms with van der Waals surface area (Å²) in [4.78, 5) is 2.65. The van der Waals surface area contributed by atoms with E-state index in [1.807, 2.05) is 6.07 Å². The van der Waals surface area contributed by atoms with Crippen LogP contribution in [-0.2, 0) is 12.8 Å². The Labute approximate surface area is 113 Å². The van der Waals surface area contributed by atoms with Crippen LogP contribution in [0, 0.1) is 13.8 Å². The maximum Gasteiger partial charge on any atom is 0.0838 e. The van der Waals surface area contributed by atoms with Gasteiger partial charge in [-0.3, -0.25) is 0 Å². The van der Waals surface area contributed by atoms with Crippen molar-refractivity contribution in [1.82, 2.24) is 0 Å².